The highest BCUT2D eigenvalue weighted by molar-refractivity contribution is 7.18. The van der Waals surface area contributed by atoms with Gasteiger partial charge in [-0.25, -0.2) is 9.78 Å². The Balaban J connectivity index is 1.38. The normalized spacial score (nSPS) is 13.7. The highest BCUT2D eigenvalue weighted by Gasteiger charge is 2.27. The van der Waals surface area contributed by atoms with Gasteiger partial charge in [-0.3, -0.25) is 19.3 Å². The zero-order valence-corrected chi connectivity index (χ0v) is 16.2. The summed E-state index contributed by atoms with van der Waals surface area (Å²) in [7, 11) is 1.62. The third-order valence-corrected chi connectivity index (χ3v) is 5.21. The summed E-state index contributed by atoms with van der Waals surface area (Å²) in [5, 5.41) is 3.21. The Labute approximate surface area is 165 Å². The van der Waals surface area contributed by atoms with Crippen molar-refractivity contribution in [3.8, 4) is 0 Å². The molecule has 1 saturated heterocycles. The smallest absolute Gasteiger partial charge is 0.324 e. The van der Waals surface area contributed by atoms with E-state index in [0.29, 0.717) is 6.54 Å². The average Bonchev–Trinajstić information content (AvgIpc) is 3.22. The molecule has 0 saturated carbocycles. The number of hydrogen-bond acceptors (Lipinski definition) is 7. The zero-order chi connectivity index (χ0) is 20.1. The summed E-state index contributed by atoms with van der Waals surface area (Å²) in [6.07, 6.45) is 0.305. The van der Waals surface area contributed by atoms with Crippen LogP contribution in [0.2, 0.25) is 0 Å². The van der Waals surface area contributed by atoms with Gasteiger partial charge in [0.25, 0.3) is 5.91 Å². The first-order valence-corrected chi connectivity index (χ1v) is 9.58. The minimum atomic E-state index is -0.547. The number of thiazole rings is 1. The summed E-state index contributed by atoms with van der Waals surface area (Å²) >= 11 is 1.51. The fourth-order valence-electron chi connectivity index (χ4n) is 2.67. The van der Waals surface area contributed by atoms with Crippen LogP contribution in [0.25, 0.3) is 10.2 Å². The molecule has 0 unspecified atom stereocenters. The molecule has 28 heavy (non-hydrogen) atoms. The van der Waals surface area contributed by atoms with Crippen molar-refractivity contribution >= 4 is 45.4 Å². The number of imide groups is 1. The van der Waals surface area contributed by atoms with E-state index in [-0.39, 0.29) is 44.4 Å². The number of benzene rings is 1. The molecular formula is C18H20N4O5S. The standard InChI is InChI=1S/C18H20N4O5S/c1-21(10-14-20-12-5-2-3-6-13(12)28-14)16(24)11-27-17(25)7-4-8-22-15(23)9-19-18(22)26/h2-3,5-6H,4,7-11H2,1H3,(H,19,26). The Morgan fingerprint density at radius 3 is 2.82 bits per heavy atom. The molecular weight excluding hydrogens is 384 g/mol. The molecule has 1 aliphatic rings. The maximum absolute atomic E-state index is 12.2. The molecule has 148 valence electrons. The maximum Gasteiger partial charge on any atom is 0.324 e. The SMILES string of the molecule is CN(Cc1nc2ccccc2s1)C(=O)COC(=O)CCCN1C(=O)CNC1=O. The molecule has 1 N–H and O–H groups in total. The lowest BCUT2D eigenvalue weighted by atomic mass is 10.3. The number of ether oxygens (including phenoxy) is 1. The topological polar surface area (TPSA) is 109 Å². The Hall–Kier alpha value is -3.01. The summed E-state index contributed by atoms with van der Waals surface area (Å²) in [4.78, 5) is 53.7. The molecule has 0 atom stereocenters. The summed E-state index contributed by atoms with van der Waals surface area (Å²) < 4.78 is 6.04. The number of nitrogens with one attached hydrogen (secondary N) is 1. The van der Waals surface area contributed by atoms with Crippen LogP contribution in [-0.2, 0) is 25.7 Å². The van der Waals surface area contributed by atoms with Crippen LogP contribution in [0.15, 0.2) is 24.3 Å². The van der Waals surface area contributed by atoms with Gasteiger partial charge in [0.2, 0.25) is 5.91 Å². The molecule has 1 aliphatic heterocycles. The molecule has 0 radical (unpaired) electrons. The zero-order valence-electron chi connectivity index (χ0n) is 15.3. The number of carbonyl (C=O) groups excluding carboxylic acids is 4. The van der Waals surface area contributed by atoms with Crippen molar-refractivity contribution in [1.29, 1.82) is 0 Å². The van der Waals surface area contributed by atoms with E-state index in [1.54, 1.807) is 7.05 Å². The number of carbonyl (C=O) groups is 4. The quantitative estimate of drug-likeness (QED) is 0.522. The van der Waals surface area contributed by atoms with E-state index in [1.165, 1.54) is 16.2 Å². The van der Waals surface area contributed by atoms with Crippen molar-refractivity contribution in [3.05, 3.63) is 29.3 Å². The molecule has 0 aliphatic carbocycles. The Morgan fingerprint density at radius 1 is 1.32 bits per heavy atom. The lowest BCUT2D eigenvalue weighted by Gasteiger charge is -2.15. The molecule has 1 aromatic heterocycles. The Bertz CT molecular complexity index is 863. The van der Waals surface area contributed by atoms with Gasteiger partial charge in [0, 0.05) is 20.0 Å². The van der Waals surface area contributed by atoms with E-state index >= 15 is 0 Å². The van der Waals surface area contributed by atoms with Gasteiger partial charge in [-0.15, -0.1) is 11.3 Å². The third kappa shape index (κ3) is 4.83. The Kier molecular flexibility index (Phi) is 6.19. The van der Waals surface area contributed by atoms with Crippen LogP contribution in [0.5, 0.6) is 0 Å². The molecule has 2 aromatic rings. The van der Waals surface area contributed by atoms with Crippen LogP contribution in [0.1, 0.15) is 17.8 Å². The maximum atomic E-state index is 12.2. The fourth-order valence-corrected chi connectivity index (χ4v) is 3.69. The van der Waals surface area contributed by atoms with Gasteiger partial charge < -0.3 is 15.0 Å². The van der Waals surface area contributed by atoms with Gasteiger partial charge in [0.15, 0.2) is 6.61 Å². The number of urea groups is 1. The van der Waals surface area contributed by atoms with Gasteiger partial charge in [0.1, 0.15) is 5.01 Å². The third-order valence-electron chi connectivity index (χ3n) is 4.19. The molecule has 10 heteroatoms. The van der Waals surface area contributed by atoms with E-state index in [2.05, 4.69) is 10.3 Å². The minimum Gasteiger partial charge on any atom is -0.456 e. The van der Waals surface area contributed by atoms with Gasteiger partial charge in [-0.2, -0.15) is 0 Å². The van der Waals surface area contributed by atoms with Crippen molar-refractivity contribution < 1.29 is 23.9 Å². The van der Waals surface area contributed by atoms with E-state index in [9.17, 15) is 19.2 Å². The summed E-state index contributed by atoms with van der Waals surface area (Å²) in [6.45, 7) is 0.106. The van der Waals surface area contributed by atoms with Crippen molar-refractivity contribution in [2.24, 2.45) is 0 Å². The van der Waals surface area contributed by atoms with Crippen molar-refractivity contribution in [2.75, 3.05) is 26.7 Å². The van der Waals surface area contributed by atoms with Crippen LogP contribution in [0, 0.1) is 0 Å². The monoisotopic (exact) mass is 404 g/mol. The van der Waals surface area contributed by atoms with Gasteiger partial charge in [-0.05, 0) is 18.6 Å². The number of amides is 4. The minimum absolute atomic E-state index is 0.0151. The Morgan fingerprint density at radius 2 is 2.11 bits per heavy atom. The molecule has 3 rings (SSSR count). The highest BCUT2D eigenvalue weighted by Crippen LogP contribution is 2.22. The van der Waals surface area contributed by atoms with E-state index < -0.39 is 12.0 Å². The molecule has 0 bridgehead atoms. The summed E-state index contributed by atoms with van der Waals surface area (Å²) in [5.41, 5.74) is 0.889. The largest absolute Gasteiger partial charge is 0.456 e. The van der Waals surface area contributed by atoms with Gasteiger partial charge in [0.05, 0.1) is 23.3 Å². The number of fused-ring (bicyclic) bond motifs is 1. The molecule has 1 fully saturated rings. The van der Waals surface area contributed by atoms with Crippen LogP contribution < -0.4 is 5.32 Å². The molecule has 9 nitrogen and oxygen atoms in total. The number of likely N-dealkylation sites (N-methyl/N-ethyl adjacent to an activating group) is 1. The van der Waals surface area contributed by atoms with Gasteiger partial charge >= 0.3 is 12.0 Å². The molecule has 1 aromatic carbocycles. The van der Waals surface area contributed by atoms with Crippen LogP contribution in [-0.4, -0.2) is 65.3 Å². The van der Waals surface area contributed by atoms with Crippen LogP contribution >= 0.6 is 11.3 Å². The van der Waals surface area contributed by atoms with E-state index in [0.717, 1.165) is 20.1 Å². The van der Waals surface area contributed by atoms with Gasteiger partial charge in [-0.1, -0.05) is 12.1 Å². The lowest BCUT2D eigenvalue weighted by Crippen LogP contribution is -2.32. The van der Waals surface area contributed by atoms with Crippen LogP contribution in [0.4, 0.5) is 4.79 Å². The molecule has 2 heterocycles. The highest BCUT2D eigenvalue weighted by atomic mass is 32.1. The molecule has 4 amide bonds. The van der Waals surface area contributed by atoms with Crippen LogP contribution in [0.3, 0.4) is 0 Å². The summed E-state index contributed by atoms with van der Waals surface area (Å²) in [5.74, 6) is -1.19. The number of aromatic nitrogens is 1. The van der Waals surface area contributed by atoms with E-state index in [1.807, 2.05) is 24.3 Å². The van der Waals surface area contributed by atoms with Crippen molar-refractivity contribution in [3.63, 3.8) is 0 Å². The predicted octanol–water partition coefficient (Wildman–Crippen LogP) is 1.13. The first kappa shape index (κ1) is 19.7. The first-order chi connectivity index (χ1) is 13.4. The fraction of sp³-hybridized carbons (Fsp3) is 0.389. The summed E-state index contributed by atoms with van der Waals surface area (Å²) in [6, 6.07) is 7.28. The first-order valence-electron chi connectivity index (χ1n) is 8.76. The van der Waals surface area contributed by atoms with Crippen molar-refractivity contribution in [1.82, 2.24) is 20.1 Å². The number of rotatable bonds is 8. The number of hydrogen-bond donors (Lipinski definition) is 1. The van der Waals surface area contributed by atoms with Crippen molar-refractivity contribution in [2.45, 2.75) is 19.4 Å². The average molecular weight is 404 g/mol. The number of para-hydroxylation sites is 1. The second-order valence-electron chi connectivity index (χ2n) is 6.29. The second-order valence-corrected chi connectivity index (χ2v) is 7.41. The number of esters is 1. The molecule has 0 spiro atoms. The second kappa shape index (κ2) is 8.79. The predicted molar refractivity (Wildman–Crippen MR) is 101 cm³/mol. The number of nitrogens with zero attached hydrogens (tertiary/aromatic N) is 3. The van der Waals surface area contributed by atoms with E-state index in [4.69, 9.17) is 4.74 Å². The lowest BCUT2D eigenvalue weighted by molar-refractivity contribution is -0.151.